The van der Waals surface area contributed by atoms with E-state index >= 15 is 0 Å². The largest absolute Gasteiger partial charge is 0.333 e. The van der Waals surface area contributed by atoms with E-state index in [2.05, 4.69) is 4.98 Å². The maximum absolute atomic E-state index is 12.9. The minimum absolute atomic E-state index is 0.498. The van der Waals surface area contributed by atoms with Crippen molar-refractivity contribution in [2.45, 2.75) is 13.5 Å². The number of nitrogens with zero attached hydrogens (tertiary/aromatic N) is 2. The molecule has 1 aromatic heterocycles. The molecule has 2 rings (SSSR count). The molecule has 0 spiro atoms. The Hall–Kier alpha value is -1.71. The van der Waals surface area contributed by atoms with E-state index in [1.165, 1.54) is 6.07 Å². The smallest absolute Gasteiger partial charge is 0.159 e. The van der Waals surface area contributed by atoms with Crippen LogP contribution in [0.4, 0.5) is 8.78 Å². The summed E-state index contributed by atoms with van der Waals surface area (Å²) >= 11 is 0. The maximum atomic E-state index is 12.9. The number of halogens is 2. The van der Waals surface area contributed by atoms with Crippen molar-refractivity contribution >= 4 is 0 Å². The number of benzene rings is 1. The zero-order valence-corrected chi connectivity index (χ0v) is 8.24. The Morgan fingerprint density at radius 3 is 2.67 bits per heavy atom. The normalized spacial score (nSPS) is 10.6. The molecule has 0 unspecified atom stereocenters. The van der Waals surface area contributed by atoms with Crippen LogP contribution in [0.15, 0.2) is 30.7 Å². The van der Waals surface area contributed by atoms with Gasteiger partial charge >= 0.3 is 0 Å². The van der Waals surface area contributed by atoms with Crippen molar-refractivity contribution in [2.24, 2.45) is 0 Å². The van der Waals surface area contributed by atoms with Crippen LogP contribution in [-0.2, 0) is 6.54 Å². The summed E-state index contributed by atoms with van der Waals surface area (Å²) in [6.07, 6.45) is 3.51. The number of hydrogen-bond donors (Lipinski definition) is 0. The predicted molar refractivity (Wildman–Crippen MR) is 52.4 cm³/mol. The van der Waals surface area contributed by atoms with Gasteiger partial charge in [0.05, 0.1) is 12.0 Å². The molecule has 1 heterocycles. The van der Waals surface area contributed by atoms with E-state index in [1.807, 2.05) is 17.7 Å². The van der Waals surface area contributed by atoms with Gasteiger partial charge < -0.3 is 4.57 Å². The third-order valence-electron chi connectivity index (χ3n) is 2.11. The summed E-state index contributed by atoms with van der Waals surface area (Å²) in [4.78, 5) is 4.05. The Bertz CT molecular complexity index is 477. The van der Waals surface area contributed by atoms with Crippen LogP contribution in [0.1, 0.15) is 11.3 Å². The summed E-state index contributed by atoms with van der Waals surface area (Å²) in [6.45, 7) is 2.37. The first kappa shape index (κ1) is 9.83. The molecule has 0 radical (unpaired) electrons. The molecule has 0 saturated carbocycles. The minimum atomic E-state index is -0.819. The molecule has 0 amide bonds. The fraction of sp³-hybridized carbons (Fsp3) is 0.182. The zero-order chi connectivity index (χ0) is 10.8. The Labute approximate surface area is 86.2 Å². The fourth-order valence-electron chi connectivity index (χ4n) is 1.41. The van der Waals surface area contributed by atoms with Gasteiger partial charge in [-0.3, -0.25) is 0 Å². The van der Waals surface area contributed by atoms with Gasteiger partial charge in [0, 0.05) is 12.7 Å². The van der Waals surface area contributed by atoms with Gasteiger partial charge in [-0.25, -0.2) is 13.8 Å². The van der Waals surface area contributed by atoms with Crippen LogP contribution in [0.5, 0.6) is 0 Å². The second kappa shape index (κ2) is 3.81. The molecule has 0 fully saturated rings. The van der Waals surface area contributed by atoms with E-state index in [4.69, 9.17) is 0 Å². The molecule has 2 nitrogen and oxygen atoms in total. The van der Waals surface area contributed by atoms with Gasteiger partial charge in [-0.05, 0) is 24.6 Å². The third kappa shape index (κ3) is 2.21. The molecule has 15 heavy (non-hydrogen) atoms. The van der Waals surface area contributed by atoms with E-state index in [1.54, 1.807) is 12.4 Å². The second-order valence-corrected chi connectivity index (χ2v) is 3.44. The molecule has 1 aromatic carbocycles. The van der Waals surface area contributed by atoms with E-state index in [0.29, 0.717) is 12.1 Å². The first-order valence-corrected chi connectivity index (χ1v) is 4.57. The molecule has 4 heteroatoms. The van der Waals surface area contributed by atoms with Gasteiger partial charge in [0.2, 0.25) is 0 Å². The Morgan fingerprint density at radius 1 is 1.27 bits per heavy atom. The molecule has 0 bridgehead atoms. The monoisotopic (exact) mass is 208 g/mol. The topological polar surface area (TPSA) is 17.8 Å². The SMILES string of the molecule is Cc1cn(Cc2ccc(F)c(F)c2)cn1. The summed E-state index contributed by atoms with van der Waals surface area (Å²) in [5, 5.41) is 0. The highest BCUT2D eigenvalue weighted by molar-refractivity contribution is 5.18. The molecular formula is C11H10F2N2. The second-order valence-electron chi connectivity index (χ2n) is 3.44. The molecule has 0 saturated heterocycles. The van der Waals surface area contributed by atoms with E-state index in [9.17, 15) is 8.78 Å². The molecule has 0 aliphatic rings. The maximum Gasteiger partial charge on any atom is 0.159 e. The van der Waals surface area contributed by atoms with Crippen molar-refractivity contribution < 1.29 is 8.78 Å². The van der Waals surface area contributed by atoms with E-state index in [-0.39, 0.29) is 0 Å². The summed E-state index contributed by atoms with van der Waals surface area (Å²) in [5.41, 5.74) is 1.61. The van der Waals surface area contributed by atoms with E-state index < -0.39 is 11.6 Å². The molecular weight excluding hydrogens is 198 g/mol. The zero-order valence-electron chi connectivity index (χ0n) is 8.24. The molecule has 0 aliphatic heterocycles. The average Bonchev–Trinajstić information content (AvgIpc) is 2.58. The average molecular weight is 208 g/mol. The van der Waals surface area contributed by atoms with Crippen LogP contribution in [0.25, 0.3) is 0 Å². The van der Waals surface area contributed by atoms with Crippen LogP contribution in [-0.4, -0.2) is 9.55 Å². The van der Waals surface area contributed by atoms with Gasteiger partial charge in [-0.1, -0.05) is 6.07 Å². The van der Waals surface area contributed by atoms with Crippen molar-refractivity contribution in [2.75, 3.05) is 0 Å². The lowest BCUT2D eigenvalue weighted by Crippen LogP contribution is -1.97. The van der Waals surface area contributed by atoms with Crippen molar-refractivity contribution in [3.63, 3.8) is 0 Å². The standard InChI is InChI=1S/C11H10F2N2/c1-8-5-15(7-14-8)6-9-2-3-10(12)11(13)4-9/h2-5,7H,6H2,1H3. The number of aryl methyl sites for hydroxylation is 1. The summed E-state index contributed by atoms with van der Waals surface area (Å²) in [5.74, 6) is -1.63. The van der Waals surface area contributed by atoms with Gasteiger partial charge in [-0.15, -0.1) is 0 Å². The van der Waals surface area contributed by atoms with Crippen LogP contribution < -0.4 is 0 Å². The van der Waals surface area contributed by atoms with Crippen LogP contribution in [0.2, 0.25) is 0 Å². The van der Waals surface area contributed by atoms with Crippen LogP contribution >= 0.6 is 0 Å². The first-order valence-electron chi connectivity index (χ1n) is 4.57. The quantitative estimate of drug-likeness (QED) is 0.741. The summed E-state index contributed by atoms with van der Waals surface area (Å²) in [7, 11) is 0. The Morgan fingerprint density at radius 2 is 2.07 bits per heavy atom. The number of rotatable bonds is 2. The van der Waals surface area contributed by atoms with Crippen molar-refractivity contribution in [3.8, 4) is 0 Å². The van der Waals surface area contributed by atoms with Gasteiger partial charge in [0.25, 0.3) is 0 Å². The van der Waals surface area contributed by atoms with Crippen molar-refractivity contribution in [1.82, 2.24) is 9.55 Å². The fourth-order valence-corrected chi connectivity index (χ4v) is 1.41. The molecule has 2 aromatic rings. The highest BCUT2D eigenvalue weighted by Crippen LogP contribution is 2.10. The third-order valence-corrected chi connectivity index (χ3v) is 2.11. The lowest BCUT2D eigenvalue weighted by atomic mass is 10.2. The Balaban J connectivity index is 2.21. The van der Waals surface area contributed by atoms with Gasteiger partial charge in [0.1, 0.15) is 0 Å². The van der Waals surface area contributed by atoms with Gasteiger partial charge in [0.15, 0.2) is 11.6 Å². The first-order chi connectivity index (χ1) is 7.15. The predicted octanol–water partition coefficient (Wildman–Crippen LogP) is 2.52. The summed E-state index contributed by atoms with van der Waals surface area (Å²) < 4.78 is 27.4. The van der Waals surface area contributed by atoms with Gasteiger partial charge in [-0.2, -0.15) is 0 Å². The highest BCUT2D eigenvalue weighted by Gasteiger charge is 2.03. The Kier molecular flexibility index (Phi) is 2.49. The van der Waals surface area contributed by atoms with Crippen molar-refractivity contribution in [3.05, 3.63) is 53.6 Å². The summed E-state index contributed by atoms with van der Waals surface area (Å²) in [6, 6.07) is 3.90. The minimum Gasteiger partial charge on any atom is -0.333 e. The lowest BCUT2D eigenvalue weighted by Gasteiger charge is -2.02. The van der Waals surface area contributed by atoms with Crippen LogP contribution in [0, 0.1) is 18.6 Å². The highest BCUT2D eigenvalue weighted by atomic mass is 19.2. The van der Waals surface area contributed by atoms with Crippen molar-refractivity contribution in [1.29, 1.82) is 0 Å². The van der Waals surface area contributed by atoms with E-state index in [0.717, 1.165) is 11.8 Å². The lowest BCUT2D eigenvalue weighted by molar-refractivity contribution is 0.506. The molecule has 0 atom stereocenters. The molecule has 0 aliphatic carbocycles. The van der Waals surface area contributed by atoms with Crippen LogP contribution in [0.3, 0.4) is 0 Å². The molecule has 78 valence electrons. The number of imidazole rings is 1. The number of hydrogen-bond acceptors (Lipinski definition) is 1. The molecule has 0 N–H and O–H groups in total. The number of aromatic nitrogens is 2.